The summed E-state index contributed by atoms with van der Waals surface area (Å²) >= 11 is 0. The molecule has 0 fully saturated rings. The fourth-order valence-electron chi connectivity index (χ4n) is 1.83. The molecule has 1 aromatic rings. The first-order valence-electron chi connectivity index (χ1n) is 5.54. The highest BCUT2D eigenvalue weighted by molar-refractivity contribution is 5.19. The second-order valence-electron chi connectivity index (χ2n) is 3.74. The Hall–Kier alpha value is -0.820. The normalized spacial score (nSPS) is 12.7. The first-order valence-corrected chi connectivity index (χ1v) is 5.54. The highest BCUT2D eigenvalue weighted by Crippen LogP contribution is 2.24. The zero-order chi connectivity index (χ0) is 10.2. The molecular formula is C13H20O. The molecule has 0 spiro atoms. The predicted molar refractivity (Wildman–Crippen MR) is 60.4 cm³/mol. The molecule has 1 rings (SSSR count). The fraction of sp³-hybridized carbons (Fsp3) is 0.538. The summed E-state index contributed by atoms with van der Waals surface area (Å²) < 4.78 is 0. The lowest BCUT2D eigenvalue weighted by atomic mass is 9.91. The molecule has 0 aromatic heterocycles. The lowest BCUT2D eigenvalue weighted by Crippen LogP contribution is -1.97. The fourth-order valence-corrected chi connectivity index (χ4v) is 1.83. The summed E-state index contributed by atoms with van der Waals surface area (Å²) in [6.45, 7) is 2.56. The van der Waals surface area contributed by atoms with Crippen LogP contribution in [0.5, 0.6) is 0 Å². The molecule has 0 saturated carbocycles. The number of rotatable bonds is 6. The first kappa shape index (κ1) is 11.3. The van der Waals surface area contributed by atoms with Crippen molar-refractivity contribution in [1.82, 2.24) is 0 Å². The van der Waals surface area contributed by atoms with E-state index in [4.69, 9.17) is 5.11 Å². The summed E-state index contributed by atoms with van der Waals surface area (Å²) in [7, 11) is 0. The van der Waals surface area contributed by atoms with Gasteiger partial charge in [-0.3, -0.25) is 0 Å². The van der Waals surface area contributed by atoms with Gasteiger partial charge in [-0.15, -0.1) is 0 Å². The molecule has 0 aliphatic carbocycles. The van der Waals surface area contributed by atoms with Crippen molar-refractivity contribution in [2.45, 2.75) is 38.5 Å². The van der Waals surface area contributed by atoms with Crippen LogP contribution >= 0.6 is 0 Å². The van der Waals surface area contributed by atoms with Gasteiger partial charge in [-0.1, -0.05) is 43.7 Å². The molecule has 0 aliphatic heterocycles. The highest BCUT2D eigenvalue weighted by Gasteiger charge is 2.07. The summed E-state index contributed by atoms with van der Waals surface area (Å²) in [6.07, 6.45) is 4.45. The Bertz CT molecular complexity index is 230. The van der Waals surface area contributed by atoms with Gasteiger partial charge in [0.05, 0.1) is 0 Å². The summed E-state index contributed by atoms with van der Waals surface area (Å²) in [6, 6.07) is 10.7. The van der Waals surface area contributed by atoms with Crippen LogP contribution in [-0.4, -0.2) is 11.7 Å². The first-order chi connectivity index (χ1) is 6.88. The molecule has 0 bridgehead atoms. The largest absolute Gasteiger partial charge is 0.396 e. The van der Waals surface area contributed by atoms with Gasteiger partial charge in [-0.25, -0.2) is 0 Å². The van der Waals surface area contributed by atoms with Gasteiger partial charge in [-0.05, 0) is 30.7 Å². The minimum atomic E-state index is 0.325. The van der Waals surface area contributed by atoms with E-state index >= 15 is 0 Å². The molecule has 14 heavy (non-hydrogen) atoms. The molecular weight excluding hydrogens is 172 g/mol. The molecule has 0 radical (unpaired) electrons. The SMILES string of the molecule is CC[C@@H](CCCCO)c1ccccc1. The van der Waals surface area contributed by atoms with Crippen LogP contribution in [0.2, 0.25) is 0 Å². The van der Waals surface area contributed by atoms with Crippen LogP contribution in [0.25, 0.3) is 0 Å². The lowest BCUT2D eigenvalue weighted by Gasteiger charge is -2.14. The number of hydrogen-bond donors (Lipinski definition) is 1. The second kappa shape index (κ2) is 6.61. The number of aliphatic hydroxyl groups is 1. The van der Waals surface area contributed by atoms with Crippen LogP contribution in [0.3, 0.4) is 0 Å². The van der Waals surface area contributed by atoms with Gasteiger partial charge < -0.3 is 5.11 Å². The molecule has 0 amide bonds. The van der Waals surface area contributed by atoms with Gasteiger partial charge >= 0.3 is 0 Å². The molecule has 0 unspecified atom stereocenters. The summed E-state index contributed by atoms with van der Waals surface area (Å²) in [5, 5.41) is 8.72. The van der Waals surface area contributed by atoms with Crippen LogP contribution in [-0.2, 0) is 0 Å². The Morgan fingerprint density at radius 1 is 1.14 bits per heavy atom. The highest BCUT2D eigenvalue weighted by atomic mass is 16.2. The zero-order valence-corrected chi connectivity index (χ0v) is 8.95. The quantitative estimate of drug-likeness (QED) is 0.685. The van der Waals surface area contributed by atoms with Crippen molar-refractivity contribution in [2.24, 2.45) is 0 Å². The third kappa shape index (κ3) is 3.51. The Balaban J connectivity index is 2.46. The Morgan fingerprint density at radius 2 is 1.86 bits per heavy atom. The smallest absolute Gasteiger partial charge is 0.0431 e. The average Bonchev–Trinajstić information content (AvgIpc) is 2.26. The number of hydrogen-bond acceptors (Lipinski definition) is 1. The topological polar surface area (TPSA) is 20.2 Å². The molecule has 0 saturated heterocycles. The predicted octanol–water partition coefficient (Wildman–Crippen LogP) is 3.34. The summed E-state index contributed by atoms with van der Waals surface area (Å²) in [5.74, 6) is 0.669. The standard InChI is InChI=1S/C13H20O/c1-2-12(8-6-7-11-14)13-9-4-3-5-10-13/h3-5,9-10,12,14H,2,6-8,11H2,1H3/t12-/m0/s1. The van der Waals surface area contributed by atoms with E-state index < -0.39 is 0 Å². The third-order valence-electron chi connectivity index (χ3n) is 2.72. The van der Waals surface area contributed by atoms with Crippen molar-refractivity contribution in [2.75, 3.05) is 6.61 Å². The molecule has 1 N–H and O–H groups in total. The number of aliphatic hydroxyl groups excluding tert-OH is 1. The van der Waals surface area contributed by atoms with E-state index in [1.165, 1.54) is 18.4 Å². The van der Waals surface area contributed by atoms with E-state index in [9.17, 15) is 0 Å². The van der Waals surface area contributed by atoms with E-state index in [0.29, 0.717) is 12.5 Å². The molecule has 1 atom stereocenters. The molecule has 0 heterocycles. The maximum absolute atomic E-state index is 8.72. The van der Waals surface area contributed by atoms with E-state index in [1.807, 2.05) is 0 Å². The van der Waals surface area contributed by atoms with Gasteiger partial charge in [0.1, 0.15) is 0 Å². The van der Waals surface area contributed by atoms with Gasteiger partial charge in [0.15, 0.2) is 0 Å². The maximum atomic E-state index is 8.72. The van der Waals surface area contributed by atoms with Crippen LogP contribution in [0, 0.1) is 0 Å². The Kier molecular flexibility index (Phi) is 5.31. The second-order valence-corrected chi connectivity index (χ2v) is 3.74. The van der Waals surface area contributed by atoms with Crippen molar-refractivity contribution in [3.63, 3.8) is 0 Å². The van der Waals surface area contributed by atoms with Gasteiger partial charge in [0.25, 0.3) is 0 Å². The molecule has 78 valence electrons. The van der Waals surface area contributed by atoms with E-state index in [0.717, 1.165) is 12.8 Å². The molecule has 1 aromatic carbocycles. The monoisotopic (exact) mass is 192 g/mol. The maximum Gasteiger partial charge on any atom is 0.0431 e. The van der Waals surface area contributed by atoms with Crippen LogP contribution in [0.4, 0.5) is 0 Å². The number of unbranched alkanes of at least 4 members (excludes halogenated alkanes) is 1. The van der Waals surface area contributed by atoms with Crippen molar-refractivity contribution >= 4 is 0 Å². The summed E-state index contributed by atoms with van der Waals surface area (Å²) in [5.41, 5.74) is 1.44. The van der Waals surface area contributed by atoms with Crippen LogP contribution in [0.1, 0.15) is 44.1 Å². The minimum absolute atomic E-state index is 0.325. The van der Waals surface area contributed by atoms with Crippen molar-refractivity contribution in [1.29, 1.82) is 0 Å². The van der Waals surface area contributed by atoms with Crippen molar-refractivity contribution in [3.05, 3.63) is 35.9 Å². The van der Waals surface area contributed by atoms with Crippen molar-refractivity contribution in [3.8, 4) is 0 Å². The molecule has 1 nitrogen and oxygen atoms in total. The van der Waals surface area contributed by atoms with Crippen molar-refractivity contribution < 1.29 is 5.11 Å². The van der Waals surface area contributed by atoms with Crippen LogP contribution < -0.4 is 0 Å². The average molecular weight is 192 g/mol. The third-order valence-corrected chi connectivity index (χ3v) is 2.72. The molecule has 0 aliphatic rings. The Morgan fingerprint density at radius 3 is 2.43 bits per heavy atom. The lowest BCUT2D eigenvalue weighted by molar-refractivity contribution is 0.281. The van der Waals surface area contributed by atoms with E-state index in [-0.39, 0.29) is 0 Å². The van der Waals surface area contributed by atoms with Gasteiger partial charge in [0.2, 0.25) is 0 Å². The van der Waals surface area contributed by atoms with Crippen LogP contribution in [0.15, 0.2) is 30.3 Å². The van der Waals surface area contributed by atoms with E-state index in [2.05, 4.69) is 37.3 Å². The number of benzene rings is 1. The summed E-state index contributed by atoms with van der Waals surface area (Å²) in [4.78, 5) is 0. The van der Waals surface area contributed by atoms with Gasteiger partial charge in [0, 0.05) is 6.61 Å². The van der Waals surface area contributed by atoms with E-state index in [1.54, 1.807) is 0 Å². The minimum Gasteiger partial charge on any atom is -0.396 e. The molecule has 1 heteroatoms. The van der Waals surface area contributed by atoms with Gasteiger partial charge in [-0.2, -0.15) is 0 Å². The Labute approximate surface area is 86.8 Å². The zero-order valence-electron chi connectivity index (χ0n) is 8.95.